The van der Waals surface area contributed by atoms with Crippen molar-refractivity contribution in [2.75, 3.05) is 29.5 Å². The van der Waals surface area contributed by atoms with E-state index >= 15 is 0 Å². The summed E-state index contributed by atoms with van der Waals surface area (Å²) < 4.78 is 20.0. The lowest BCUT2D eigenvalue weighted by Gasteiger charge is -2.41. The molecule has 2 N–H and O–H groups in total. The molecular weight excluding hydrogens is 278 g/mol. The summed E-state index contributed by atoms with van der Waals surface area (Å²) in [5, 5.41) is 0. The molecule has 0 spiro atoms. The zero-order valence-electron chi connectivity index (χ0n) is 8.27. The highest BCUT2D eigenvalue weighted by Crippen LogP contribution is 2.41. The third-order valence-electron chi connectivity index (χ3n) is 2.57. The van der Waals surface area contributed by atoms with Gasteiger partial charge in [-0.15, -0.1) is 0 Å². The van der Waals surface area contributed by atoms with E-state index < -0.39 is 10.6 Å². The Bertz CT molecular complexity index is 332. The van der Waals surface area contributed by atoms with Gasteiger partial charge in [-0.1, -0.05) is 15.9 Å². The van der Waals surface area contributed by atoms with Crippen LogP contribution in [-0.2, 0) is 0 Å². The van der Waals surface area contributed by atoms with E-state index in [1.54, 1.807) is 0 Å². The van der Waals surface area contributed by atoms with Crippen molar-refractivity contribution >= 4 is 32.2 Å². The number of benzene rings is 1. The summed E-state index contributed by atoms with van der Waals surface area (Å²) in [6, 6.07) is 8.09. The highest BCUT2D eigenvalue weighted by Gasteiger charge is 2.21. The first-order chi connectivity index (χ1) is 7.07. The van der Waals surface area contributed by atoms with Crippen LogP contribution in [0.3, 0.4) is 0 Å². The second-order valence-electron chi connectivity index (χ2n) is 3.67. The topological polar surface area (TPSA) is 43.7 Å². The maximum absolute atomic E-state index is 9.49. The fraction of sp³-hybridized carbons (Fsp3) is 0.400. The van der Waals surface area contributed by atoms with Crippen molar-refractivity contribution < 1.29 is 9.11 Å². The van der Waals surface area contributed by atoms with Crippen molar-refractivity contribution in [2.45, 2.75) is 0 Å². The van der Waals surface area contributed by atoms with Gasteiger partial charge in [-0.05, 0) is 24.3 Å². The third-order valence-corrected chi connectivity index (χ3v) is 4.77. The summed E-state index contributed by atoms with van der Waals surface area (Å²) in [6.07, 6.45) is 0. The molecule has 84 valence electrons. The minimum Gasteiger partial charge on any atom is -0.368 e. The summed E-state index contributed by atoms with van der Waals surface area (Å²) in [4.78, 5) is 2.18. The quantitative estimate of drug-likeness (QED) is 0.836. The van der Waals surface area contributed by atoms with Gasteiger partial charge in [0, 0.05) is 23.2 Å². The Morgan fingerprint density at radius 3 is 2.13 bits per heavy atom. The van der Waals surface area contributed by atoms with Crippen LogP contribution in [0.4, 0.5) is 5.69 Å². The summed E-state index contributed by atoms with van der Waals surface area (Å²) in [5.41, 5.74) is 1.15. The highest BCUT2D eigenvalue weighted by molar-refractivity contribution is 9.10. The van der Waals surface area contributed by atoms with Gasteiger partial charge in [-0.25, -0.2) is 0 Å². The van der Waals surface area contributed by atoms with E-state index in [9.17, 15) is 9.11 Å². The number of nitrogens with zero attached hydrogens (tertiary/aromatic N) is 1. The summed E-state index contributed by atoms with van der Waals surface area (Å²) >= 11 is 3.39. The molecule has 5 heteroatoms. The van der Waals surface area contributed by atoms with Crippen LogP contribution in [0.15, 0.2) is 28.7 Å². The van der Waals surface area contributed by atoms with Gasteiger partial charge in [0.25, 0.3) is 0 Å². The van der Waals surface area contributed by atoms with Crippen LogP contribution in [0, 0.1) is 0 Å². The molecule has 15 heavy (non-hydrogen) atoms. The van der Waals surface area contributed by atoms with Crippen LogP contribution < -0.4 is 4.90 Å². The molecule has 1 aliphatic heterocycles. The van der Waals surface area contributed by atoms with Gasteiger partial charge in [0.2, 0.25) is 0 Å². The molecule has 1 aromatic carbocycles. The lowest BCUT2D eigenvalue weighted by atomic mass is 10.3. The van der Waals surface area contributed by atoms with Gasteiger partial charge < -0.3 is 4.90 Å². The molecule has 0 unspecified atom stereocenters. The molecule has 0 saturated carbocycles. The molecule has 1 saturated heterocycles. The van der Waals surface area contributed by atoms with E-state index in [4.69, 9.17) is 0 Å². The predicted molar refractivity (Wildman–Crippen MR) is 68.9 cm³/mol. The summed E-state index contributed by atoms with van der Waals surface area (Å²) in [6.45, 7) is 1.45. The van der Waals surface area contributed by atoms with Crippen LogP contribution in [0.5, 0.6) is 0 Å². The van der Waals surface area contributed by atoms with Crippen LogP contribution >= 0.6 is 26.5 Å². The van der Waals surface area contributed by atoms with Crippen LogP contribution in [0.1, 0.15) is 0 Å². The molecule has 1 aromatic rings. The zero-order valence-corrected chi connectivity index (χ0v) is 10.7. The Labute approximate surface area is 99.6 Å². The van der Waals surface area contributed by atoms with E-state index in [0.29, 0.717) is 11.5 Å². The maximum Gasteiger partial charge on any atom is 0.0550 e. The minimum atomic E-state index is -2.28. The van der Waals surface area contributed by atoms with Crippen molar-refractivity contribution in [1.82, 2.24) is 0 Å². The van der Waals surface area contributed by atoms with E-state index in [-0.39, 0.29) is 0 Å². The molecule has 1 fully saturated rings. The molecule has 0 atom stereocenters. The van der Waals surface area contributed by atoms with Crippen molar-refractivity contribution in [3.05, 3.63) is 28.7 Å². The number of hydrogen-bond acceptors (Lipinski definition) is 3. The molecule has 0 amide bonds. The smallest absolute Gasteiger partial charge is 0.0550 e. The second kappa shape index (κ2) is 4.33. The Kier molecular flexibility index (Phi) is 3.25. The summed E-state index contributed by atoms with van der Waals surface area (Å²) in [7, 11) is -2.28. The molecule has 1 heterocycles. The van der Waals surface area contributed by atoms with Gasteiger partial charge in [-0.3, -0.25) is 9.11 Å². The van der Waals surface area contributed by atoms with E-state index in [0.717, 1.165) is 23.2 Å². The van der Waals surface area contributed by atoms with Crippen molar-refractivity contribution in [2.24, 2.45) is 0 Å². The first kappa shape index (κ1) is 11.3. The largest absolute Gasteiger partial charge is 0.368 e. The Morgan fingerprint density at radius 2 is 1.60 bits per heavy atom. The van der Waals surface area contributed by atoms with Crippen molar-refractivity contribution in [3.8, 4) is 0 Å². The minimum absolute atomic E-state index is 0.489. The van der Waals surface area contributed by atoms with E-state index in [1.807, 2.05) is 24.3 Å². The lowest BCUT2D eigenvalue weighted by molar-refractivity contribution is 0.479. The molecule has 1 aliphatic rings. The molecule has 0 radical (unpaired) electrons. The first-order valence-electron chi connectivity index (χ1n) is 4.81. The van der Waals surface area contributed by atoms with E-state index in [1.165, 1.54) is 0 Å². The fourth-order valence-corrected chi connectivity index (χ4v) is 3.13. The monoisotopic (exact) mass is 291 g/mol. The maximum atomic E-state index is 9.49. The van der Waals surface area contributed by atoms with Gasteiger partial charge in [0.05, 0.1) is 11.5 Å². The molecule has 0 bridgehead atoms. The molecule has 0 aromatic heterocycles. The number of anilines is 1. The third kappa shape index (κ3) is 2.87. The summed E-state index contributed by atoms with van der Waals surface area (Å²) in [5.74, 6) is 0.978. The number of halogens is 1. The fourth-order valence-electron chi connectivity index (χ4n) is 1.64. The predicted octanol–water partition coefficient (Wildman–Crippen LogP) is 3.02. The average Bonchev–Trinajstić information content (AvgIpc) is 2.20. The Hall–Kier alpha value is -0.230. The SMILES string of the molecule is OS1(O)CCN(c2ccc(Br)cc2)CC1. The van der Waals surface area contributed by atoms with Crippen LogP contribution in [0.2, 0.25) is 0 Å². The van der Waals surface area contributed by atoms with Crippen LogP contribution in [0.25, 0.3) is 0 Å². The van der Waals surface area contributed by atoms with Crippen molar-refractivity contribution in [3.63, 3.8) is 0 Å². The molecular formula is C10H14BrNO2S. The van der Waals surface area contributed by atoms with Gasteiger partial charge >= 0.3 is 0 Å². The lowest BCUT2D eigenvalue weighted by Crippen LogP contribution is -2.38. The zero-order chi connectivity index (χ0) is 10.9. The first-order valence-corrected chi connectivity index (χ1v) is 7.49. The standard InChI is InChI=1S/C10H14BrNO2S/c11-9-1-3-10(4-2-9)12-5-7-15(13,14)8-6-12/h1-4,13-14H,5-8H2. The Balaban J connectivity index is 2.04. The number of hydrogen-bond donors (Lipinski definition) is 2. The average molecular weight is 292 g/mol. The van der Waals surface area contributed by atoms with Gasteiger partial charge in [0.1, 0.15) is 0 Å². The van der Waals surface area contributed by atoms with E-state index in [2.05, 4.69) is 20.8 Å². The van der Waals surface area contributed by atoms with Crippen LogP contribution in [-0.4, -0.2) is 33.7 Å². The molecule has 3 nitrogen and oxygen atoms in total. The Morgan fingerprint density at radius 1 is 1.07 bits per heavy atom. The van der Waals surface area contributed by atoms with Crippen molar-refractivity contribution in [1.29, 1.82) is 0 Å². The number of rotatable bonds is 1. The normalized spacial score (nSPS) is 22.5. The molecule has 2 rings (SSSR count). The second-order valence-corrected chi connectivity index (χ2v) is 7.01. The van der Waals surface area contributed by atoms with Gasteiger partial charge in [-0.2, -0.15) is 10.6 Å². The molecule has 0 aliphatic carbocycles. The van der Waals surface area contributed by atoms with Gasteiger partial charge in [0.15, 0.2) is 0 Å². The highest BCUT2D eigenvalue weighted by atomic mass is 79.9.